The fraction of sp³-hybridized carbons (Fsp3) is 0.130. The standard InChI is InChI=1S/C23H19ClN2O4/c24-20-10-3-1-6-16(20)15-30-21-11-4-2-9-19(21)22(27)25-17-7-5-8-18(14-17)26-12-13-29-23(26)28/h1-11,14H,12-13,15H2,(H,25,27). The number of hydrogen-bond acceptors (Lipinski definition) is 4. The molecule has 0 bridgehead atoms. The summed E-state index contributed by atoms with van der Waals surface area (Å²) in [4.78, 5) is 26.2. The van der Waals surface area contributed by atoms with Crippen LogP contribution in [0.15, 0.2) is 72.8 Å². The molecule has 1 aliphatic rings. The molecule has 1 fully saturated rings. The molecule has 0 radical (unpaired) electrons. The van der Waals surface area contributed by atoms with Gasteiger partial charge in [-0.25, -0.2) is 4.79 Å². The summed E-state index contributed by atoms with van der Waals surface area (Å²) >= 11 is 6.18. The van der Waals surface area contributed by atoms with Crippen molar-refractivity contribution >= 4 is 35.0 Å². The van der Waals surface area contributed by atoms with Gasteiger partial charge in [0.25, 0.3) is 5.91 Å². The fourth-order valence-corrected chi connectivity index (χ4v) is 3.32. The van der Waals surface area contributed by atoms with Crippen LogP contribution >= 0.6 is 11.6 Å². The van der Waals surface area contributed by atoms with Crippen LogP contribution in [0, 0.1) is 0 Å². The molecule has 0 saturated carbocycles. The number of hydrogen-bond donors (Lipinski definition) is 1. The Hall–Kier alpha value is -3.51. The van der Waals surface area contributed by atoms with Crippen molar-refractivity contribution in [2.75, 3.05) is 23.4 Å². The molecule has 0 spiro atoms. The molecule has 6 nitrogen and oxygen atoms in total. The molecule has 1 N–H and O–H groups in total. The number of cyclic esters (lactones) is 1. The smallest absolute Gasteiger partial charge is 0.414 e. The van der Waals surface area contributed by atoms with E-state index in [0.29, 0.717) is 40.9 Å². The number of carbonyl (C=O) groups is 2. The molecule has 0 aromatic heterocycles. The van der Waals surface area contributed by atoms with Crippen molar-refractivity contribution in [3.05, 3.63) is 88.9 Å². The van der Waals surface area contributed by atoms with Gasteiger partial charge < -0.3 is 14.8 Å². The van der Waals surface area contributed by atoms with Gasteiger partial charge in [0.05, 0.1) is 12.1 Å². The highest BCUT2D eigenvalue weighted by Crippen LogP contribution is 2.25. The molecule has 0 atom stereocenters. The summed E-state index contributed by atoms with van der Waals surface area (Å²) in [6.45, 7) is 1.08. The van der Waals surface area contributed by atoms with E-state index in [1.807, 2.05) is 18.2 Å². The van der Waals surface area contributed by atoms with Crippen LogP contribution in [0.5, 0.6) is 5.75 Å². The first-order valence-electron chi connectivity index (χ1n) is 9.43. The van der Waals surface area contributed by atoms with Gasteiger partial charge in [0.15, 0.2) is 0 Å². The van der Waals surface area contributed by atoms with Gasteiger partial charge in [0.2, 0.25) is 0 Å². The molecular weight excluding hydrogens is 404 g/mol. The number of halogens is 1. The van der Waals surface area contributed by atoms with Gasteiger partial charge in [0.1, 0.15) is 19.0 Å². The van der Waals surface area contributed by atoms with E-state index in [-0.39, 0.29) is 12.5 Å². The quantitative estimate of drug-likeness (QED) is 0.598. The lowest BCUT2D eigenvalue weighted by atomic mass is 10.1. The summed E-state index contributed by atoms with van der Waals surface area (Å²) in [5.74, 6) is 0.139. The number of nitrogens with zero attached hydrogens (tertiary/aromatic N) is 1. The molecule has 3 aromatic carbocycles. The molecular formula is C23H19ClN2O4. The highest BCUT2D eigenvalue weighted by Gasteiger charge is 2.23. The van der Waals surface area contributed by atoms with Crippen LogP contribution in [-0.4, -0.2) is 25.2 Å². The van der Waals surface area contributed by atoms with E-state index < -0.39 is 6.09 Å². The van der Waals surface area contributed by atoms with Gasteiger partial charge in [-0.05, 0) is 36.4 Å². The van der Waals surface area contributed by atoms with E-state index >= 15 is 0 Å². The third-order valence-electron chi connectivity index (χ3n) is 4.65. The normalized spacial score (nSPS) is 13.1. The fourth-order valence-electron chi connectivity index (χ4n) is 3.13. The number of nitrogens with one attached hydrogen (secondary N) is 1. The van der Waals surface area contributed by atoms with Crippen molar-refractivity contribution in [2.45, 2.75) is 6.61 Å². The third kappa shape index (κ3) is 4.39. The lowest BCUT2D eigenvalue weighted by molar-refractivity contribution is 0.102. The van der Waals surface area contributed by atoms with Gasteiger partial charge in [-0.15, -0.1) is 0 Å². The van der Waals surface area contributed by atoms with E-state index in [0.717, 1.165) is 5.56 Å². The molecule has 4 rings (SSSR count). The Morgan fingerprint density at radius 2 is 1.87 bits per heavy atom. The molecule has 0 unspecified atom stereocenters. The predicted molar refractivity (Wildman–Crippen MR) is 115 cm³/mol. The molecule has 30 heavy (non-hydrogen) atoms. The van der Waals surface area contributed by atoms with E-state index in [9.17, 15) is 9.59 Å². The van der Waals surface area contributed by atoms with E-state index in [1.54, 1.807) is 54.6 Å². The molecule has 1 saturated heterocycles. The molecule has 2 amide bonds. The number of para-hydroxylation sites is 1. The highest BCUT2D eigenvalue weighted by atomic mass is 35.5. The highest BCUT2D eigenvalue weighted by molar-refractivity contribution is 6.31. The van der Waals surface area contributed by atoms with Crippen LogP contribution in [-0.2, 0) is 11.3 Å². The zero-order chi connectivity index (χ0) is 20.9. The van der Waals surface area contributed by atoms with Crippen molar-refractivity contribution in [1.29, 1.82) is 0 Å². The first-order valence-corrected chi connectivity index (χ1v) is 9.80. The summed E-state index contributed by atoms with van der Waals surface area (Å²) in [6.07, 6.45) is -0.392. The van der Waals surface area contributed by atoms with Gasteiger partial charge >= 0.3 is 6.09 Å². The van der Waals surface area contributed by atoms with Crippen molar-refractivity contribution in [1.82, 2.24) is 0 Å². The zero-order valence-electron chi connectivity index (χ0n) is 16.0. The monoisotopic (exact) mass is 422 g/mol. The number of anilines is 2. The molecule has 7 heteroatoms. The Morgan fingerprint density at radius 1 is 1.07 bits per heavy atom. The van der Waals surface area contributed by atoms with Crippen LogP contribution in [0.25, 0.3) is 0 Å². The molecule has 0 aliphatic carbocycles. The largest absolute Gasteiger partial charge is 0.488 e. The Labute approximate surface area is 179 Å². The topological polar surface area (TPSA) is 67.9 Å². The Kier molecular flexibility index (Phi) is 5.86. The Bertz CT molecular complexity index is 1090. The van der Waals surface area contributed by atoms with Crippen molar-refractivity contribution in [3.8, 4) is 5.75 Å². The minimum Gasteiger partial charge on any atom is -0.488 e. The lowest BCUT2D eigenvalue weighted by Crippen LogP contribution is -2.23. The minimum absolute atomic E-state index is 0.247. The summed E-state index contributed by atoms with van der Waals surface area (Å²) in [7, 11) is 0. The van der Waals surface area contributed by atoms with Crippen molar-refractivity contribution in [2.24, 2.45) is 0 Å². The van der Waals surface area contributed by atoms with Crippen LogP contribution in [0.2, 0.25) is 5.02 Å². The number of carbonyl (C=O) groups excluding carboxylic acids is 2. The van der Waals surface area contributed by atoms with Crippen molar-refractivity contribution < 1.29 is 19.1 Å². The SMILES string of the molecule is O=C(Nc1cccc(N2CCOC2=O)c1)c1ccccc1OCc1ccccc1Cl. The average molecular weight is 423 g/mol. The maximum atomic E-state index is 12.9. The molecule has 152 valence electrons. The summed E-state index contributed by atoms with van der Waals surface area (Å²) in [6, 6.07) is 21.5. The van der Waals surface area contributed by atoms with Gasteiger partial charge in [-0.3, -0.25) is 9.69 Å². The van der Waals surface area contributed by atoms with Gasteiger partial charge in [-0.1, -0.05) is 48.0 Å². The van der Waals surface area contributed by atoms with Gasteiger partial charge in [0, 0.05) is 22.0 Å². The summed E-state index contributed by atoms with van der Waals surface area (Å²) in [5, 5.41) is 3.47. The first kappa shape index (κ1) is 19.8. The second kappa shape index (κ2) is 8.88. The molecule has 3 aromatic rings. The molecule has 1 aliphatic heterocycles. The maximum Gasteiger partial charge on any atom is 0.414 e. The van der Waals surface area contributed by atoms with Crippen LogP contribution in [0.3, 0.4) is 0 Å². The first-order chi connectivity index (χ1) is 14.6. The number of amides is 2. The average Bonchev–Trinajstić information content (AvgIpc) is 3.19. The number of ether oxygens (including phenoxy) is 2. The van der Waals surface area contributed by atoms with Crippen molar-refractivity contribution in [3.63, 3.8) is 0 Å². The molecule has 1 heterocycles. The predicted octanol–water partition coefficient (Wildman–Crippen LogP) is 5.13. The minimum atomic E-state index is -0.392. The summed E-state index contributed by atoms with van der Waals surface area (Å²) < 4.78 is 10.8. The van der Waals surface area contributed by atoms with Crippen LogP contribution < -0.4 is 15.0 Å². The van der Waals surface area contributed by atoms with Gasteiger partial charge in [-0.2, -0.15) is 0 Å². The Morgan fingerprint density at radius 3 is 2.67 bits per heavy atom. The third-order valence-corrected chi connectivity index (χ3v) is 5.02. The second-order valence-corrected chi connectivity index (χ2v) is 7.05. The van der Waals surface area contributed by atoms with E-state index in [4.69, 9.17) is 21.1 Å². The maximum absolute atomic E-state index is 12.9. The summed E-state index contributed by atoms with van der Waals surface area (Å²) in [5.41, 5.74) is 2.46. The van der Waals surface area contributed by atoms with Crippen LogP contribution in [0.4, 0.5) is 16.2 Å². The lowest BCUT2D eigenvalue weighted by Gasteiger charge is -2.15. The van der Waals surface area contributed by atoms with E-state index in [1.165, 1.54) is 4.90 Å². The second-order valence-electron chi connectivity index (χ2n) is 6.65. The van der Waals surface area contributed by atoms with E-state index in [2.05, 4.69) is 5.32 Å². The number of benzene rings is 3. The number of rotatable bonds is 6. The van der Waals surface area contributed by atoms with Crippen LogP contribution in [0.1, 0.15) is 15.9 Å². The zero-order valence-corrected chi connectivity index (χ0v) is 16.8. The Balaban J connectivity index is 1.49.